The lowest BCUT2D eigenvalue weighted by Gasteiger charge is -2.11. The van der Waals surface area contributed by atoms with Gasteiger partial charge in [-0.1, -0.05) is 17.7 Å². The fourth-order valence-electron chi connectivity index (χ4n) is 1.53. The first-order valence-electron chi connectivity index (χ1n) is 5.00. The molecule has 0 aliphatic carbocycles. The molecule has 0 aliphatic rings. The second kappa shape index (κ2) is 5.48. The van der Waals surface area contributed by atoms with Gasteiger partial charge >= 0.3 is 0 Å². The van der Waals surface area contributed by atoms with Gasteiger partial charge in [0.25, 0.3) is 0 Å². The Kier molecular flexibility index (Phi) is 4.20. The van der Waals surface area contributed by atoms with Crippen LogP contribution in [-0.2, 0) is 6.42 Å². The summed E-state index contributed by atoms with van der Waals surface area (Å²) in [7, 11) is 0. The Morgan fingerprint density at radius 1 is 1.41 bits per heavy atom. The van der Waals surface area contributed by atoms with Crippen LogP contribution in [0.3, 0.4) is 0 Å². The number of hydrogen-bond donors (Lipinski definition) is 1. The monoisotopic (exact) mass is 333 g/mol. The molecule has 0 aliphatic heterocycles. The fraction of sp³-hybridized carbons (Fsp3) is 0.167. The van der Waals surface area contributed by atoms with Gasteiger partial charge in [-0.05, 0) is 45.1 Å². The van der Waals surface area contributed by atoms with E-state index in [0.717, 1.165) is 15.5 Å². The third-order valence-electron chi connectivity index (χ3n) is 2.47. The molecule has 2 N–H and O–H groups in total. The molecule has 90 valence electrons. The predicted octanol–water partition coefficient (Wildman–Crippen LogP) is 4.55. The lowest BCUT2D eigenvalue weighted by atomic mass is 10.0. The highest BCUT2D eigenvalue weighted by Crippen LogP contribution is 2.28. The van der Waals surface area contributed by atoms with Crippen LogP contribution in [0.5, 0.6) is 0 Å². The Morgan fingerprint density at radius 2 is 2.18 bits per heavy atom. The first kappa shape index (κ1) is 13.0. The Hall–Kier alpha value is -0.420. The third-order valence-corrected chi connectivity index (χ3v) is 4.52. The van der Waals surface area contributed by atoms with Gasteiger partial charge in [-0.15, -0.1) is 11.3 Å². The van der Waals surface area contributed by atoms with E-state index < -0.39 is 0 Å². The Labute approximate surface area is 117 Å². The average Bonchev–Trinajstić information content (AvgIpc) is 2.68. The van der Waals surface area contributed by atoms with Crippen LogP contribution in [0.4, 0.5) is 4.39 Å². The first-order chi connectivity index (χ1) is 8.08. The average molecular weight is 335 g/mol. The van der Waals surface area contributed by atoms with E-state index in [1.54, 1.807) is 17.4 Å². The topological polar surface area (TPSA) is 26.0 Å². The van der Waals surface area contributed by atoms with Crippen molar-refractivity contribution in [1.29, 1.82) is 0 Å². The molecule has 1 aromatic carbocycles. The molecule has 0 bridgehead atoms. The van der Waals surface area contributed by atoms with Crippen LogP contribution in [0.15, 0.2) is 34.1 Å². The van der Waals surface area contributed by atoms with Gasteiger partial charge in [0.2, 0.25) is 0 Å². The lowest BCUT2D eigenvalue weighted by molar-refractivity contribution is 0.612. The molecular weight excluding hydrogens is 325 g/mol. The molecule has 0 amide bonds. The van der Waals surface area contributed by atoms with Crippen molar-refractivity contribution in [2.45, 2.75) is 12.5 Å². The molecule has 1 atom stereocenters. The summed E-state index contributed by atoms with van der Waals surface area (Å²) in [5.74, 6) is -0.296. The van der Waals surface area contributed by atoms with E-state index in [4.69, 9.17) is 17.3 Å². The van der Waals surface area contributed by atoms with E-state index in [9.17, 15) is 4.39 Å². The molecule has 1 heterocycles. The molecular formula is C12H10BrClFNS. The number of hydrogen-bond acceptors (Lipinski definition) is 2. The maximum absolute atomic E-state index is 13.4. The minimum Gasteiger partial charge on any atom is -0.324 e. The number of rotatable bonds is 3. The molecule has 0 saturated carbocycles. The summed E-state index contributed by atoms with van der Waals surface area (Å²) in [5, 5.41) is 2.65. The summed E-state index contributed by atoms with van der Waals surface area (Å²) >= 11 is 10.7. The molecule has 1 unspecified atom stereocenters. The maximum atomic E-state index is 13.4. The predicted molar refractivity (Wildman–Crippen MR) is 74.1 cm³/mol. The van der Waals surface area contributed by atoms with Crippen LogP contribution in [0.1, 0.15) is 16.5 Å². The molecule has 2 aromatic rings. The van der Waals surface area contributed by atoms with Crippen molar-refractivity contribution in [1.82, 2.24) is 0 Å². The standard InChI is InChI=1S/C12H10BrClFNS/c13-8-2-1-7(5-10(8)15)11(16)6-12-9(14)3-4-17-12/h1-5,11H,6,16H2. The maximum Gasteiger partial charge on any atom is 0.137 e. The van der Waals surface area contributed by atoms with Crippen molar-refractivity contribution >= 4 is 38.9 Å². The van der Waals surface area contributed by atoms with Crippen molar-refractivity contribution in [3.8, 4) is 0 Å². The van der Waals surface area contributed by atoms with Gasteiger partial charge in [-0.25, -0.2) is 4.39 Å². The zero-order chi connectivity index (χ0) is 12.4. The van der Waals surface area contributed by atoms with Gasteiger partial charge < -0.3 is 5.73 Å². The second-order valence-electron chi connectivity index (χ2n) is 3.68. The zero-order valence-corrected chi connectivity index (χ0v) is 11.9. The van der Waals surface area contributed by atoms with Gasteiger partial charge in [0, 0.05) is 17.3 Å². The highest BCUT2D eigenvalue weighted by molar-refractivity contribution is 9.10. The molecule has 2 rings (SSSR count). The van der Waals surface area contributed by atoms with Gasteiger partial charge in [-0.3, -0.25) is 0 Å². The lowest BCUT2D eigenvalue weighted by Crippen LogP contribution is -2.13. The van der Waals surface area contributed by atoms with E-state index in [1.165, 1.54) is 6.07 Å². The molecule has 1 aromatic heterocycles. The molecule has 17 heavy (non-hydrogen) atoms. The van der Waals surface area contributed by atoms with Crippen molar-refractivity contribution in [3.63, 3.8) is 0 Å². The molecule has 1 nitrogen and oxygen atoms in total. The molecule has 5 heteroatoms. The van der Waals surface area contributed by atoms with Crippen LogP contribution in [0.25, 0.3) is 0 Å². The molecule has 0 radical (unpaired) electrons. The summed E-state index contributed by atoms with van der Waals surface area (Å²) in [6.45, 7) is 0. The number of halogens is 3. The van der Waals surface area contributed by atoms with Gasteiger partial charge in [0.05, 0.1) is 9.50 Å². The van der Waals surface area contributed by atoms with E-state index >= 15 is 0 Å². The quantitative estimate of drug-likeness (QED) is 0.876. The largest absolute Gasteiger partial charge is 0.324 e. The van der Waals surface area contributed by atoms with Crippen LogP contribution >= 0.6 is 38.9 Å². The number of benzene rings is 1. The smallest absolute Gasteiger partial charge is 0.137 e. The van der Waals surface area contributed by atoms with Crippen molar-refractivity contribution < 1.29 is 4.39 Å². The molecule has 0 fully saturated rings. The van der Waals surface area contributed by atoms with E-state index in [2.05, 4.69) is 15.9 Å². The van der Waals surface area contributed by atoms with Gasteiger partial charge in [0.1, 0.15) is 5.82 Å². The third kappa shape index (κ3) is 3.07. The minimum atomic E-state index is -0.296. The SMILES string of the molecule is NC(Cc1sccc1Cl)c1ccc(Br)c(F)c1. The highest BCUT2D eigenvalue weighted by Gasteiger charge is 2.12. The van der Waals surface area contributed by atoms with E-state index in [1.807, 2.05) is 17.5 Å². The summed E-state index contributed by atoms with van der Waals surface area (Å²) < 4.78 is 13.8. The Bertz CT molecular complexity index is 529. The van der Waals surface area contributed by atoms with E-state index in [-0.39, 0.29) is 11.9 Å². The molecule has 0 saturated heterocycles. The van der Waals surface area contributed by atoms with Crippen molar-refractivity contribution in [2.75, 3.05) is 0 Å². The van der Waals surface area contributed by atoms with Gasteiger partial charge in [-0.2, -0.15) is 0 Å². The van der Waals surface area contributed by atoms with Crippen LogP contribution in [0.2, 0.25) is 5.02 Å². The van der Waals surface area contributed by atoms with Gasteiger partial charge in [0.15, 0.2) is 0 Å². The first-order valence-corrected chi connectivity index (χ1v) is 7.05. The Balaban J connectivity index is 2.17. The summed E-state index contributed by atoms with van der Waals surface area (Å²) in [6, 6.07) is 6.54. The van der Waals surface area contributed by atoms with Crippen molar-refractivity contribution in [3.05, 3.63) is 55.4 Å². The Morgan fingerprint density at radius 3 is 2.76 bits per heavy atom. The number of nitrogens with two attached hydrogens (primary N) is 1. The fourth-order valence-corrected chi connectivity index (χ4v) is 2.95. The minimum absolute atomic E-state index is 0.242. The second-order valence-corrected chi connectivity index (χ2v) is 5.94. The zero-order valence-electron chi connectivity index (χ0n) is 8.79. The molecule has 0 spiro atoms. The summed E-state index contributed by atoms with van der Waals surface area (Å²) in [4.78, 5) is 1.03. The van der Waals surface area contributed by atoms with Crippen LogP contribution in [0, 0.1) is 5.82 Å². The summed E-state index contributed by atoms with van der Waals surface area (Å²) in [5.41, 5.74) is 6.81. The van der Waals surface area contributed by atoms with E-state index in [0.29, 0.717) is 10.9 Å². The van der Waals surface area contributed by atoms with Crippen LogP contribution < -0.4 is 5.73 Å². The van der Waals surface area contributed by atoms with Crippen molar-refractivity contribution in [2.24, 2.45) is 5.73 Å². The van der Waals surface area contributed by atoms with Crippen LogP contribution in [-0.4, -0.2) is 0 Å². The highest BCUT2D eigenvalue weighted by atomic mass is 79.9. The number of thiophene rings is 1. The normalized spacial score (nSPS) is 12.7. The summed E-state index contributed by atoms with van der Waals surface area (Å²) in [6.07, 6.45) is 0.623.